The average Bonchev–Trinajstić information content (AvgIpc) is 2.40. The molecule has 0 aliphatic carbocycles. The lowest BCUT2D eigenvalue weighted by molar-refractivity contribution is -0.142. The topological polar surface area (TPSA) is 87.9 Å². The zero-order chi connectivity index (χ0) is 15.0. The van der Waals surface area contributed by atoms with E-state index in [1.165, 1.54) is 6.92 Å². The molecule has 0 saturated carbocycles. The maximum atomic E-state index is 11.7. The second kappa shape index (κ2) is 8.16. The van der Waals surface area contributed by atoms with Crippen molar-refractivity contribution in [1.82, 2.24) is 0 Å². The van der Waals surface area contributed by atoms with Gasteiger partial charge in [0.2, 0.25) is 0 Å². The van der Waals surface area contributed by atoms with Crippen molar-refractivity contribution < 1.29 is 23.8 Å². The van der Waals surface area contributed by atoms with Crippen LogP contribution in [0.2, 0.25) is 0 Å². The van der Waals surface area contributed by atoms with Gasteiger partial charge in [-0.2, -0.15) is 0 Å². The smallest absolute Gasteiger partial charge is 0.338 e. The molecule has 1 aromatic carbocycles. The van der Waals surface area contributed by atoms with Crippen molar-refractivity contribution in [3.8, 4) is 0 Å². The van der Waals surface area contributed by atoms with Gasteiger partial charge in [0.05, 0.1) is 18.8 Å². The number of aryl methyl sites for hydroxylation is 1. The van der Waals surface area contributed by atoms with Crippen LogP contribution in [-0.2, 0) is 19.0 Å². The number of benzene rings is 1. The van der Waals surface area contributed by atoms with Gasteiger partial charge < -0.3 is 19.9 Å². The number of anilines is 1. The van der Waals surface area contributed by atoms with Gasteiger partial charge in [0.15, 0.2) is 0 Å². The van der Waals surface area contributed by atoms with Gasteiger partial charge in [-0.1, -0.05) is 0 Å². The summed E-state index contributed by atoms with van der Waals surface area (Å²) in [7, 11) is 0. The molecule has 1 rings (SSSR count). The molecule has 0 atom stereocenters. The summed E-state index contributed by atoms with van der Waals surface area (Å²) in [5.41, 5.74) is 7.59. The Kier molecular flexibility index (Phi) is 6.52. The van der Waals surface area contributed by atoms with Crippen LogP contribution in [0.4, 0.5) is 5.69 Å². The van der Waals surface area contributed by atoms with Crippen molar-refractivity contribution in [2.45, 2.75) is 13.8 Å². The number of nitrogen functional groups attached to an aromatic ring is 1. The highest BCUT2D eigenvalue weighted by Crippen LogP contribution is 2.13. The van der Waals surface area contributed by atoms with E-state index in [2.05, 4.69) is 4.74 Å². The summed E-state index contributed by atoms with van der Waals surface area (Å²) in [6, 6.07) is 4.97. The molecular formula is C14H19NO5. The van der Waals surface area contributed by atoms with E-state index in [9.17, 15) is 9.59 Å². The largest absolute Gasteiger partial charge is 0.463 e. The van der Waals surface area contributed by atoms with Crippen LogP contribution in [0.3, 0.4) is 0 Å². The molecule has 6 nitrogen and oxygen atoms in total. The molecule has 0 aromatic heterocycles. The summed E-state index contributed by atoms with van der Waals surface area (Å²) >= 11 is 0. The second-order valence-corrected chi connectivity index (χ2v) is 4.16. The minimum atomic E-state index is -0.420. The number of nitrogens with two attached hydrogens (primary N) is 1. The third-order valence-electron chi connectivity index (χ3n) is 2.50. The first-order valence-electron chi connectivity index (χ1n) is 6.25. The van der Waals surface area contributed by atoms with E-state index >= 15 is 0 Å². The predicted molar refractivity (Wildman–Crippen MR) is 73.3 cm³/mol. The van der Waals surface area contributed by atoms with Crippen LogP contribution in [0.15, 0.2) is 18.2 Å². The summed E-state index contributed by atoms with van der Waals surface area (Å²) in [6.07, 6.45) is 0. The first-order valence-corrected chi connectivity index (χ1v) is 6.25. The number of esters is 2. The molecule has 0 aliphatic heterocycles. The van der Waals surface area contributed by atoms with E-state index < -0.39 is 5.97 Å². The van der Waals surface area contributed by atoms with Crippen LogP contribution in [0.5, 0.6) is 0 Å². The van der Waals surface area contributed by atoms with Crippen LogP contribution in [-0.4, -0.2) is 38.4 Å². The first-order chi connectivity index (χ1) is 9.50. The molecule has 0 saturated heterocycles. The number of rotatable bonds is 7. The van der Waals surface area contributed by atoms with Crippen molar-refractivity contribution in [2.24, 2.45) is 0 Å². The molecule has 0 aliphatic rings. The Labute approximate surface area is 117 Å². The summed E-state index contributed by atoms with van der Waals surface area (Å²) in [5, 5.41) is 0. The zero-order valence-corrected chi connectivity index (χ0v) is 11.7. The Morgan fingerprint density at radius 2 is 1.75 bits per heavy atom. The Morgan fingerprint density at radius 3 is 2.35 bits per heavy atom. The third-order valence-corrected chi connectivity index (χ3v) is 2.50. The number of hydrogen-bond acceptors (Lipinski definition) is 6. The molecule has 110 valence electrons. The summed E-state index contributed by atoms with van der Waals surface area (Å²) in [4.78, 5) is 22.2. The standard InChI is InChI=1S/C14H19NO5/c1-10-9-12(3-4-13(10)15)14(17)20-8-6-18-5-7-19-11(2)16/h3-4,9H,5-8,15H2,1-2H3. The Hall–Kier alpha value is -2.08. The minimum Gasteiger partial charge on any atom is -0.463 e. The van der Waals surface area contributed by atoms with Crippen LogP contribution in [0.25, 0.3) is 0 Å². The van der Waals surface area contributed by atoms with Crippen LogP contribution >= 0.6 is 0 Å². The van der Waals surface area contributed by atoms with Gasteiger partial charge >= 0.3 is 11.9 Å². The molecule has 2 N–H and O–H groups in total. The summed E-state index contributed by atoms with van der Waals surface area (Å²) in [6.45, 7) is 4.02. The van der Waals surface area contributed by atoms with E-state index in [0.29, 0.717) is 11.3 Å². The first kappa shape index (κ1) is 16.0. The monoisotopic (exact) mass is 281 g/mol. The number of ether oxygens (including phenoxy) is 3. The predicted octanol–water partition coefficient (Wildman–Crippen LogP) is 1.31. The van der Waals surface area contributed by atoms with E-state index in [4.69, 9.17) is 15.2 Å². The Bertz CT molecular complexity index is 473. The number of hydrogen-bond donors (Lipinski definition) is 1. The molecule has 0 fully saturated rings. The lowest BCUT2D eigenvalue weighted by atomic mass is 10.1. The quantitative estimate of drug-likeness (QED) is 0.460. The van der Waals surface area contributed by atoms with Gasteiger partial charge in [-0.3, -0.25) is 4.79 Å². The Balaban J connectivity index is 2.20. The molecule has 0 spiro atoms. The number of carbonyl (C=O) groups is 2. The van der Waals surface area contributed by atoms with Crippen LogP contribution in [0, 0.1) is 6.92 Å². The fourth-order valence-corrected chi connectivity index (χ4v) is 1.43. The molecule has 1 aromatic rings. The maximum Gasteiger partial charge on any atom is 0.338 e. The Morgan fingerprint density at radius 1 is 1.10 bits per heavy atom. The molecule has 0 amide bonds. The van der Waals surface area contributed by atoms with Crippen molar-refractivity contribution >= 4 is 17.6 Å². The zero-order valence-electron chi connectivity index (χ0n) is 11.7. The van der Waals surface area contributed by atoms with E-state index in [1.807, 2.05) is 6.92 Å². The van der Waals surface area contributed by atoms with Gasteiger partial charge in [-0.25, -0.2) is 4.79 Å². The third kappa shape index (κ3) is 5.71. The molecule has 0 unspecified atom stereocenters. The SMILES string of the molecule is CC(=O)OCCOCCOC(=O)c1ccc(N)c(C)c1. The lowest BCUT2D eigenvalue weighted by Gasteiger charge is -2.07. The van der Waals surface area contributed by atoms with Gasteiger partial charge in [0, 0.05) is 12.6 Å². The van der Waals surface area contributed by atoms with Crippen LogP contribution < -0.4 is 5.73 Å². The molecule has 0 radical (unpaired) electrons. The van der Waals surface area contributed by atoms with Gasteiger partial charge in [-0.15, -0.1) is 0 Å². The molecule has 6 heteroatoms. The fourth-order valence-electron chi connectivity index (χ4n) is 1.43. The van der Waals surface area contributed by atoms with Gasteiger partial charge in [0.1, 0.15) is 13.2 Å². The fraction of sp³-hybridized carbons (Fsp3) is 0.429. The van der Waals surface area contributed by atoms with Gasteiger partial charge in [0.25, 0.3) is 0 Å². The van der Waals surface area contributed by atoms with E-state index in [1.54, 1.807) is 18.2 Å². The van der Waals surface area contributed by atoms with Crippen molar-refractivity contribution in [3.05, 3.63) is 29.3 Å². The normalized spacial score (nSPS) is 10.1. The number of carbonyl (C=O) groups excluding carboxylic acids is 2. The van der Waals surface area contributed by atoms with E-state index in [-0.39, 0.29) is 32.4 Å². The summed E-state index contributed by atoms with van der Waals surface area (Å²) < 4.78 is 14.9. The highest BCUT2D eigenvalue weighted by molar-refractivity contribution is 5.90. The van der Waals surface area contributed by atoms with Crippen molar-refractivity contribution in [1.29, 1.82) is 0 Å². The molecular weight excluding hydrogens is 262 g/mol. The van der Waals surface area contributed by atoms with Crippen molar-refractivity contribution in [2.75, 3.05) is 32.2 Å². The van der Waals surface area contributed by atoms with E-state index in [0.717, 1.165) is 5.56 Å². The second-order valence-electron chi connectivity index (χ2n) is 4.16. The molecule has 0 heterocycles. The van der Waals surface area contributed by atoms with Crippen molar-refractivity contribution in [3.63, 3.8) is 0 Å². The molecule has 0 bridgehead atoms. The highest BCUT2D eigenvalue weighted by atomic mass is 16.6. The highest BCUT2D eigenvalue weighted by Gasteiger charge is 2.08. The van der Waals surface area contributed by atoms with Crippen LogP contribution in [0.1, 0.15) is 22.8 Å². The minimum absolute atomic E-state index is 0.141. The average molecular weight is 281 g/mol. The lowest BCUT2D eigenvalue weighted by Crippen LogP contribution is -2.14. The van der Waals surface area contributed by atoms with Gasteiger partial charge in [-0.05, 0) is 30.7 Å². The summed E-state index contributed by atoms with van der Waals surface area (Å²) in [5.74, 6) is -0.768. The maximum absolute atomic E-state index is 11.7. The molecule has 20 heavy (non-hydrogen) atoms.